The van der Waals surface area contributed by atoms with Crippen LogP contribution in [-0.4, -0.2) is 24.7 Å². The SMILES string of the molecule is O=C(O)c1cc(S(=O)(=O)Nc2cnoc2)c(Br)o1. The number of carboxylic acids is 1. The molecule has 0 aromatic carbocycles. The molecule has 8 nitrogen and oxygen atoms in total. The van der Waals surface area contributed by atoms with Crippen LogP contribution in [-0.2, 0) is 10.0 Å². The standard InChI is InChI=1S/C8H5BrN2O6S/c9-7-6(1-5(17-7)8(12)13)18(14,15)11-4-2-10-16-3-4/h1-3,11H,(H,12,13). The molecule has 10 heteroatoms. The van der Waals surface area contributed by atoms with E-state index in [1.54, 1.807) is 0 Å². The van der Waals surface area contributed by atoms with Crippen molar-refractivity contribution in [1.29, 1.82) is 0 Å². The molecule has 18 heavy (non-hydrogen) atoms. The molecule has 0 fully saturated rings. The number of nitrogens with one attached hydrogen (secondary N) is 1. The molecule has 0 radical (unpaired) electrons. The summed E-state index contributed by atoms with van der Waals surface area (Å²) in [6, 6.07) is 0.891. The molecule has 2 N–H and O–H groups in total. The van der Waals surface area contributed by atoms with E-state index < -0.39 is 21.8 Å². The smallest absolute Gasteiger partial charge is 0.371 e. The predicted molar refractivity (Wildman–Crippen MR) is 60.7 cm³/mol. The van der Waals surface area contributed by atoms with Gasteiger partial charge in [-0.1, -0.05) is 5.16 Å². The van der Waals surface area contributed by atoms with E-state index in [2.05, 4.69) is 30.3 Å². The monoisotopic (exact) mass is 336 g/mol. The molecule has 2 aromatic rings. The first kappa shape index (κ1) is 12.6. The lowest BCUT2D eigenvalue weighted by molar-refractivity contribution is 0.0661. The van der Waals surface area contributed by atoms with Crippen LogP contribution in [0, 0.1) is 0 Å². The van der Waals surface area contributed by atoms with E-state index in [-0.39, 0.29) is 15.3 Å². The molecular weight excluding hydrogens is 332 g/mol. The quantitative estimate of drug-likeness (QED) is 0.867. The first-order chi connectivity index (χ1) is 8.40. The van der Waals surface area contributed by atoms with Gasteiger partial charge in [0.15, 0.2) is 4.67 Å². The second-order valence-electron chi connectivity index (χ2n) is 3.07. The van der Waals surface area contributed by atoms with E-state index in [0.717, 1.165) is 18.5 Å². The van der Waals surface area contributed by atoms with Crippen molar-refractivity contribution in [3.63, 3.8) is 0 Å². The third kappa shape index (κ3) is 2.38. The minimum absolute atomic E-state index is 0.111. The van der Waals surface area contributed by atoms with Crippen LogP contribution in [0.15, 0.2) is 37.0 Å². The van der Waals surface area contributed by atoms with E-state index in [9.17, 15) is 13.2 Å². The maximum Gasteiger partial charge on any atom is 0.371 e. The summed E-state index contributed by atoms with van der Waals surface area (Å²) in [5.41, 5.74) is 0.111. The second-order valence-corrected chi connectivity index (χ2v) is 5.44. The zero-order valence-electron chi connectivity index (χ0n) is 8.45. The minimum Gasteiger partial charge on any atom is -0.475 e. The van der Waals surface area contributed by atoms with Crippen LogP contribution in [0.3, 0.4) is 0 Å². The molecule has 2 aromatic heterocycles. The minimum atomic E-state index is -3.98. The number of nitrogens with zero attached hydrogens (tertiary/aromatic N) is 1. The number of carbonyl (C=O) groups is 1. The lowest BCUT2D eigenvalue weighted by Gasteiger charge is -2.02. The van der Waals surface area contributed by atoms with E-state index in [1.807, 2.05) is 0 Å². The predicted octanol–water partition coefficient (Wildman–Crippen LogP) is 1.53. The third-order valence-electron chi connectivity index (χ3n) is 1.84. The van der Waals surface area contributed by atoms with Gasteiger partial charge in [0.05, 0.1) is 6.20 Å². The largest absolute Gasteiger partial charge is 0.475 e. The Morgan fingerprint density at radius 3 is 2.72 bits per heavy atom. The molecule has 0 aliphatic carbocycles. The molecule has 0 spiro atoms. The number of halogens is 1. The molecule has 0 atom stereocenters. The lowest BCUT2D eigenvalue weighted by Crippen LogP contribution is -2.12. The first-order valence-corrected chi connectivity index (χ1v) is 6.62. The summed E-state index contributed by atoms with van der Waals surface area (Å²) in [4.78, 5) is 10.3. The van der Waals surface area contributed by atoms with Gasteiger partial charge in [0.1, 0.15) is 16.8 Å². The summed E-state index contributed by atoms with van der Waals surface area (Å²) in [6.45, 7) is 0. The fourth-order valence-electron chi connectivity index (χ4n) is 1.11. The number of furan rings is 1. The molecule has 0 aliphatic heterocycles. The molecule has 0 amide bonds. The molecular formula is C8H5BrN2O6S. The molecule has 0 bridgehead atoms. The van der Waals surface area contributed by atoms with Crippen molar-refractivity contribution in [3.05, 3.63) is 29.0 Å². The second kappa shape index (κ2) is 4.46. The highest BCUT2D eigenvalue weighted by Crippen LogP contribution is 2.27. The van der Waals surface area contributed by atoms with Crippen LogP contribution in [0.25, 0.3) is 0 Å². The van der Waals surface area contributed by atoms with Gasteiger partial charge >= 0.3 is 5.97 Å². The lowest BCUT2D eigenvalue weighted by atomic mass is 10.5. The van der Waals surface area contributed by atoms with Crippen molar-refractivity contribution in [2.24, 2.45) is 0 Å². The number of sulfonamides is 1. The van der Waals surface area contributed by atoms with Gasteiger partial charge in [0, 0.05) is 6.07 Å². The van der Waals surface area contributed by atoms with Crippen molar-refractivity contribution >= 4 is 37.6 Å². The van der Waals surface area contributed by atoms with Crippen LogP contribution < -0.4 is 4.72 Å². The summed E-state index contributed by atoms with van der Waals surface area (Å²) in [6.07, 6.45) is 2.24. The summed E-state index contributed by atoms with van der Waals surface area (Å²) < 4.78 is 34.9. The highest BCUT2D eigenvalue weighted by atomic mass is 79.9. The highest BCUT2D eigenvalue weighted by molar-refractivity contribution is 9.10. The Hall–Kier alpha value is -1.81. The summed E-state index contributed by atoms with van der Waals surface area (Å²) in [7, 11) is -3.98. The number of rotatable bonds is 4. The molecule has 0 saturated heterocycles. The molecule has 0 unspecified atom stereocenters. The Balaban J connectivity index is 2.38. The van der Waals surface area contributed by atoms with E-state index in [4.69, 9.17) is 9.52 Å². The number of hydrogen-bond acceptors (Lipinski definition) is 6. The Morgan fingerprint density at radius 2 is 2.22 bits per heavy atom. The topological polar surface area (TPSA) is 123 Å². The molecule has 96 valence electrons. The van der Waals surface area contributed by atoms with Gasteiger partial charge in [0.25, 0.3) is 10.0 Å². The van der Waals surface area contributed by atoms with Crippen LogP contribution in [0.4, 0.5) is 5.69 Å². The first-order valence-electron chi connectivity index (χ1n) is 4.35. The summed E-state index contributed by atoms with van der Waals surface area (Å²) in [5.74, 6) is -1.87. The fourth-order valence-corrected chi connectivity index (χ4v) is 3.07. The Kier molecular flexibility index (Phi) is 3.13. The summed E-state index contributed by atoms with van der Waals surface area (Å²) >= 11 is 2.84. The molecule has 2 heterocycles. The number of hydrogen-bond donors (Lipinski definition) is 2. The van der Waals surface area contributed by atoms with Crippen molar-refractivity contribution in [2.45, 2.75) is 4.90 Å². The van der Waals surface area contributed by atoms with Crippen molar-refractivity contribution in [3.8, 4) is 0 Å². The average Bonchev–Trinajstić information content (AvgIpc) is 2.86. The van der Waals surface area contributed by atoms with Gasteiger partial charge in [-0.25, -0.2) is 13.2 Å². The Bertz CT molecular complexity index is 675. The zero-order chi connectivity index (χ0) is 13.3. The van der Waals surface area contributed by atoms with Crippen molar-refractivity contribution in [2.75, 3.05) is 4.72 Å². The Morgan fingerprint density at radius 1 is 1.50 bits per heavy atom. The maximum atomic E-state index is 11.9. The number of aromatic nitrogens is 1. The maximum absolute atomic E-state index is 11.9. The van der Waals surface area contributed by atoms with Gasteiger partial charge < -0.3 is 14.0 Å². The number of aromatic carboxylic acids is 1. The van der Waals surface area contributed by atoms with Crippen LogP contribution in [0.1, 0.15) is 10.6 Å². The highest BCUT2D eigenvalue weighted by Gasteiger charge is 2.25. The van der Waals surface area contributed by atoms with E-state index in [0.29, 0.717) is 0 Å². The van der Waals surface area contributed by atoms with Crippen molar-refractivity contribution < 1.29 is 27.3 Å². The van der Waals surface area contributed by atoms with Crippen LogP contribution >= 0.6 is 15.9 Å². The van der Waals surface area contributed by atoms with Gasteiger partial charge in [0.2, 0.25) is 5.76 Å². The van der Waals surface area contributed by atoms with Crippen LogP contribution in [0.5, 0.6) is 0 Å². The van der Waals surface area contributed by atoms with Crippen LogP contribution in [0.2, 0.25) is 0 Å². The van der Waals surface area contributed by atoms with E-state index in [1.165, 1.54) is 0 Å². The van der Waals surface area contributed by atoms with E-state index >= 15 is 0 Å². The number of carboxylic acid groups (broad SMARTS) is 1. The zero-order valence-corrected chi connectivity index (χ0v) is 10.9. The normalized spacial score (nSPS) is 11.4. The average molecular weight is 337 g/mol. The molecule has 0 aliphatic rings. The van der Waals surface area contributed by atoms with Crippen molar-refractivity contribution in [1.82, 2.24) is 5.16 Å². The van der Waals surface area contributed by atoms with Gasteiger partial charge in [-0.05, 0) is 15.9 Å². The van der Waals surface area contributed by atoms with Gasteiger partial charge in [-0.15, -0.1) is 0 Å². The molecule has 2 rings (SSSR count). The fraction of sp³-hybridized carbons (Fsp3) is 0. The van der Waals surface area contributed by atoms with Gasteiger partial charge in [-0.2, -0.15) is 0 Å². The summed E-state index contributed by atoms with van der Waals surface area (Å²) in [5, 5.41) is 12.0. The Labute approximate surface area is 109 Å². The third-order valence-corrected chi connectivity index (χ3v) is 4.08. The van der Waals surface area contributed by atoms with Gasteiger partial charge in [-0.3, -0.25) is 4.72 Å². The number of anilines is 1. The molecule has 0 saturated carbocycles.